The SMILES string of the molecule is CCOC(Cc1ccc(OCCn2c(C)ccc2-c2ccc(Cl)s2)cc1)C(=O)O. The second kappa shape index (κ2) is 9.96. The molecule has 3 rings (SSSR count). The van der Waals surface area contributed by atoms with E-state index in [4.69, 9.17) is 21.1 Å². The minimum atomic E-state index is -0.947. The Morgan fingerprint density at radius 1 is 1.17 bits per heavy atom. The van der Waals surface area contributed by atoms with Crippen LogP contribution in [-0.2, 0) is 22.5 Å². The zero-order chi connectivity index (χ0) is 20.8. The molecule has 0 saturated heterocycles. The average Bonchev–Trinajstić information content (AvgIpc) is 3.28. The Morgan fingerprint density at radius 3 is 2.55 bits per heavy atom. The van der Waals surface area contributed by atoms with Crippen molar-refractivity contribution in [3.05, 3.63) is 64.1 Å². The minimum Gasteiger partial charge on any atom is -0.492 e. The Hall–Kier alpha value is -2.28. The number of carbonyl (C=O) groups is 1. The summed E-state index contributed by atoms with van der Waals surface area (Å²) in [6, 6.07) is 15.6. The molecule has 7 heteroatoms. The van der Waals surface area contributed by atoms with E-state index >= 15 is 0 Å². The summed E-state index contributed by atoms with van der Waals surface area (Å²) in [5, 5.41) is 9.20. The number of ether oxygens (including phenoxy) is 2. The fraction of sp³-hybridized carbons (Fsp3) is 0.318. The fourth-order valence-corrected chi connectivity index (χ4v) is 4.22. The predicted molar refractivity (Wildman–Crippen MR) is 116 cm³/mol. The summed E-state index contributed by atoms with van der Waals surface area (Å²) in [5.41, 5.74) is 3.20. The van der Waals surface area contributed by atoms with Crippen LogP contribution in [0.4, 0.5) is 0 Å². The summed E-state index contributed by atoms with van der Waals surface area (Å²) in [6.07, 6.45) is -0.494. The van der Waals surface area contributed by atoms with Crippen LogP contribution in [0.1, 0.15) is 18.2 Å². The van der Waals surface area contributed by atoms with Gasteiger partial charge in [0.1, 0.15) is 12.4 Å². The standard InChI is InChI=1S/C22H24ClNO4S/c1-3-27-19(22(25)26)14-16-5-7-17(8-6-16)28-13-12-24-15(2)4-9-18(24)20-10-11-21(23)29-20/h4-11,19H,3,12-14H2,1-2H3,(H,25,26). The number of aryl methyl sites for hydroxylation is 1. The van der Waals surface area contributed by atoms with Crippen molar-refractivity contribution in [1.29, 1.82) is 0 Å². The lowest BCUT2D eigenvalue weighted by Crippen LogP contribution is -2.26. The van der Waals surface area contributed by atoms with E-state index in [2.05, 4.69) is 23.6 Å². The smallest absolute Gasteiger partial charge is 0.333 e. The first-order valence-electron chi connectivity index (χ1n) is 9.46. The number of rotatable bonds is 10. The summed E-state index contributed by atoms with van der Waals surface area (Å²) in [4.78, 5) is 12.3. The van der Waals surface area contributed by atoms with Gasteiger partial charge in [0.15, 0.2) is 6.10 Å². The van der Waals surface area contributed by atoms with Crippen LogP contribution < -0.4 is 4.74 Å². The Bertz CT molecular complexity index is 948. The zero-order valence-electron chi connectivity index (χ0n) is 16.4. The molecule has 0 aliphatic rings. The molecular formula is C22H24ClNO4S. The third-order valence-electron chi connectivity index (χ3n) is 4.60. The average molecular weight is 434 g/mol. The molecule has 1 atom stereocenters. The van der Waals surface area contributed by atoms with Gasteiger partial charge in [-0.1, -0.05) is 23.7 Å². The Morgan fingerprint density at radius 2 is 1.93 bits per heavy atom. The molecule has 0 aliphatic heterocycles. The lowest BCUT2D eigenvalue weighted by molar-refractivity contribution is -0.149. The number of nitrogens with zero attached hydrogens (tertiary/aromatic N) is 1. The Labute approximate surface area is 179 Å². The molecule has 2 heterocycles. The number of aromatic nitrogens is 1. The lowest BCUT2D eigenvalue weighted by Gasteiger charge is -2.14. The highest BCUT2D eigenvalue weighted by molar-refractivity contribution is 7.19. The van der Waals surface area contributed by atoms with E-state index in [1.165, 1.54) is 5.69 Å². The van der Waals surface area contributed by atoms with Crippen LogP contribution in [0.15, 0.2) is 48.5 Å². The van der Waals surface area contributed by atoms with Gasteiger partial charge in [0.25, 0.3) is 0 Å². The van der Waals surface area contributed by atoms with E-state index in [1.807, 2.05) is 36.4 Å². The highest BCUT2D eigenvalue weighted by Crippen LogP contribution is 2.32. The highest BCUT2D eigenvalue weighted by Gasteiger charge is 2.17. The summed E-state index contributed by atoms with van der Waals surface area (Å²) < 4.78 is 14.2. The van der Waals surface area contributed by atoms with Crippen LogP contribution in [0, 0.1) is 6.92 Å². The largest absolute Gasteiger partial charge is 0.492 e. The van der Waals surface area contributed by atoms with Crippen molar-refractivity contribution in [1.82, 2.24) is 4.57 Å². The van der Waals surface area contributed by atoms with E-state index in [0.717, 1.165) is 32.8 Å². The highest BCUT2D eigenvalue weighted by atomic mass is 35.5. The van der Waals surface area contributed by atoms with Crippen LogP contribution in [0.2, 0.25) is 4.34 Å². The molecule has 0 saturated carbocycles. The summed E-state index contributed by atoms with van der Waals surface area (Å²) in [5.74, 6) is -0.195. The van der Waals surface area contributed by atoms with Gasteiger partial charge in [-0.2, -0.15) is 0 Å². The second-order valence-electron chi connectivity index (χ2n) is 6.59. The van der Waals surface area contributed by atoms with Crippen molar-refractivity contribution in [3.8, 4) is 16.3 Å². The molecular weight excluding hydrogens is 410 g/mol. The number of halogens is 1. The van der Waals surface area contributed by atoms with Crippen LogP contribution in [0.25, 0.3) is 10.6 Å². The van der Waals surface area contributed by atoms with Crippen molar-refractivity contribution >= 4 is 28.9 Å². The molecule has 0 bridgehead atoms. The van der Waals surface area contributed by atoms with E-state index in [9.17, 15) is 9.90 Å². The normalized spacial score (nSPS) is 12.1. The molecule has 3 aromatic rings. The third-order valence-corrected chi connectivity index (χ3v) is 5.85. The maximum Gasteiger partial charge on any atom is 0.333 e. The molecule has 0 radical (unpaired) electrons. The number of thiophene rings is 1. The number of aliphatic carboxylic acids is 1. The first-order valence-corrected chi connectivity index (χ1v) is 10.7. The van der Waals surface area contributed by atoms with Crippen molar-refractivity contribution in [3.63, 3.8) is 0 Å². The first kappa shape index (κ1) is 21.4. The minimum absolute atomic E-state index is 0.332. The number of carboxylic acids is 1. The molecule has 5 nitrogen and oxygen atoms in total. The van der Waals surface area contributed by atoms with Crippen LogP contribution in [0.3, 0.4) is 0 Å². The van der Waals surface area contributed by atoms with Gasteiger partial charge in [0.05, 0.1) is 21.5 Å². The molecule has 0 spiro atoms. The summed E-state index contributed by atoms with van der Waals surface area (Å²) in [7, 11) is 0. The van der Waals surface area contributed by atoms with Gasteiger partial charge in [-0.05, 0) is 55.8 Å². The molecule has 1 unspecified atom stereocenters. The van der Waals surface area contributed by atoms with Crippen molar-refractivity contribution < 1.29 is 19.4 Å². The summed E-state index contributed by atoms with van der Waals surface area (Å²) in [6.45, 7) is 5.48. The number of carboxylic acid groups (broad SMARTS) is 1. The maximum absolute atomic E-state index is 11.2. The van der Waals surface area contributed by atoms with E-state index < -0.39 is 12.1 Å². The number of hydrogen-bond donors (Lipinski definition) is 1. The van der Waals surface area contributed by atoms with Gasteiger partial charge in [-0.15, -0.1) is 11.3 Å². The summed E-state index contributed by atoms with van der Waals surface area (Å²) >= 11 is 7.64. The van der Waals surface area contributed by atoms with Crippen molar-refractivity contribution in [2.45, 2.75) is 32.9 Å². The molecule has 0 aliphatic carbocycles. The molecule has 29 heavy (non-hydrogen) atoms. The van der Waals surface area contributed by atoms with Crippen LogP contribution >= 0.6 is 22.9 Å². The third kappa shape index (κ3) is 5.63. The van der Waals surface area contributed by atoms with Crippen LogP contribution in [0.5, 0.6) is 5.75 Å². The second-order valence-corrected chi connectivity index (χ2v) is 8.31. The van der Waals surface area contributed by atoms with Crippen molar-refractivity contribution in [2.24, 2.45) is 0 Å². The Kier molecular flexibility index (Phi) is 7.36. The molecule has 2 aromatic heterocycles. The van der Waals surface area contributed by atoms with Gasteiger partial charge in [-0.3, -0.25) is 0 Å². The molecule has 0 amide bonds. The van der Waals surface area contributed by atoms with Gasteiger partial charge in [0, 0.05) is 18.7 Å². The molecule has 1 aromatic carbocycles. The van der Waals surface area contributed by atoms with Crippen molar-refractivity contribution in [2.75, 3.05) is 13.2 Å². The zero-order valence-corrected chi connectivity index (χ0v) is 18.0. The van der Waals surface area contributed by atoms with E-state index in [0.29, 0.717) is 19.6 Å². The molecule has 0 fully saturated rings. The molecule has 154 valence electrons. The quantitative estimate of drug-likeness (QED) is 0.472. The van der Waals surface area contributed by atoms with E-state index in [-0.39, 0.29) is 0 Å². The van der Waals surface area contributed by atoms with E-state index in [1.54, 1.807) is 18.3 Å². The predicted octanol–water partition coefficient (Wildman–Crippen LogP) is 5.29. The fourth-order valence-electron chi connectivity index (χ4n) is 3.14. The van der Waals surface area contributed by atoms with Gasteiger partial charge in [-0.25, -0.2) is 4.79 Å². The molecule has 1 N–H and O–H groups in total. The maximum atomic E-state index is 11.2. The Balaban J connectivity index is 1.58. The van der Waals surface area contributed by atoms with Crippen LogP contribution in [-0.4, -0.2) is 35.0 Å². The van der Waals surface area contributed by atoms with Gasteiger partial charge in [0.2, 0.25) is 0 Å². The lowest BCUT2D eigenvalue weighted by atomic mass is 10.1. The monoisotopic (exact) mass is 433 g/mol. The first-order chi connectivity index (χ1) is 14.0. The topological polar surface area (TPSA) is 60.7 Å². The van der Waals surface area contributed by atoms with Gasteiger partial charge >= 0.3 is 5.97 Å². The number of benzene rings is 1. The number of hydrogen-bond acceptors (Lipinski definition) is 4. The van der Waals surface area contributed by atoms with Gasteiger partial charge < -0.3 is 19.1 Å².